The SMILES string of the molecule is C[C@@H]1CNCCN1C(=O)CN(C)S(=O)(=O)c1ccccc1. The van der Waals surface area contributed by atoms with Crippen LogP contribution in [-0.2, 0) is 14.8 Å². The lowest BCUT2D eigenvalue weighted by Gasteiger charge is -2.34. The van der Waals surface area contributed by atoms with Gasteiger partial charge in [-0.25, -0.2) is 8.42 Å². The summed E-state index contributed by atoms with van der Waals surface area (Å²) in [5.41, 5.74) is 0. The van der Waals surface area contributed by atoms with E-state index in [9.17, 15) is 13.2 Å². The van der Waals surface area contributed by atoms with E-state index in [1.807, 2.05) is 6.92 Å². The van der Waals surface area contributed by atoms with E-state index in [-0.39, 0.29) is 23.4 Å². The van der Waals surface area contributed by atoms with Gasteiger partial charge in [-0.05, 0) is 19.1 Å². The lowest BCUT2D eigenvalue weighted by atomic mass is 10.2. The Hall–Kier alpha value is -1.44. The van der Waals surface area contributed by atoms with Crippen molar-refractivity contribution in [3.63, 3.8) is 0 Å². The van der Waals surface area contributed by atoms with E-state index in [2.05, 4.69) is 5.32 Å². The minimum atomic E-state index is -3.62. The molecule has 1 aliphatic heterocycles. The third-order valence-corrected chi connectivity index (χ3v) is 5.45. The van der Waals surface area contributed by atoms with Crippen LogP contribution in [0.5, 0.6) is 0 Å². The van der Waals surface area contributed by atoms with Gasteiger partial charge < -0.3 is 10.2 Å². The van der Waals surface area contributed by atoms with Crippen molar-refractivity contribution < 1.29 is 13.2 Å². The first-order valence-electron chi connectivity index (χ1n) is 6.94. The van der Waals surface area contributed by atoms with E-state index in [1.54, 1.807) is 23.1 Å². The summed E-state index contributed by atoms with van der Waals surface area (Å²) in [6.45, 7) is 3.91. The number of rotatable bonds is 4. The molecule has 1 saturated heterocycles. The average molecular weight is 311 g/mol. The number of carbonyl (C=O) groups is 1. The fourth-order valence-corrected chi connectivity index (χ4v) is 3.49. The predicted octanol–water partition coefficient (Wildman–Crippen LogP) is 0.127. The number of benzene rings is 1. The van der Waals surface area contributed by atoms with Crippen LogP contribution in [-0.4, -0.2) is 62.8 Å². The largest absolute Gasteiger partial charge is 0.336 e. The van der Waals surface area contributed by atoms with E-state index < -0.39 is 10.0 Å². The number of nitrogens with one attached hydrogen (secondary N) is 1. The second-order valence-corrected chi connectivity index (χ2v) is 7.26. The molecule has 1 aromatic rings. The second-order valence-electron chi connectivity index (χ2n) is 5.21. The smallest absolute Gasteiger partial charge is 0.243 e. The van der Waals surface area contributed by atoms with Crippen molar-refractivity contribution in [1.29, 1.82) is 0 Å². The molecule has 1 amide bonds. The summed E-state index contributed by atoms with van der Waals surface area (Å²) in [5, 5.41) is 3.20. The molecule has 6 nitrogen and oxygen atoms in total. The van der Waals surface area contributed by atoms with Gasteiger partial charge in [0.15, 0.2) is 0 Å². The number of amides is 1. The molecule has 0 aliphatic carbocycles. The third kappa shape index (κ3) is 3.61. The predicted molar refractivity (Wildman–Crippen MR) is 80.3 cm³/mol. The monoisotopic (exact) mass is 311 g/mol. The molecule has 1 fully saturated rings. The zero-order chi connectivity index (χ0) is 15.5. The molecule has 0 bridgehead atoms. The van der Waals surface area contributed by atoms with Gasteiger partial charge in [-0.3, -0.25) is 4.79 Å². The van der Waals surface area contributed by atoms with E-state index in [4.69, 9.17) is 0 Å². The highest BCUT2D eigenvalue weighted by molar-refractivity contribution is 7.89. The average Bonchev–Trinajstić information content (AvgIpc) is 2.48. The van der Waals surface area contributed by atoms with E-state index >= 15 is 0 Å². The number of carbonyl (C=O) groups excluding carboxylic acids is 1. The summed E-state index contributed by atoms with van der Waals surface area (Å²) in [4.78, 5) is 14.2. The molecule has 1 heterocycles. The van der Waals surface area contributed by atoms with Gasteiger partial charge in [0.05, 0.1) is 11.4 Å². The van der Waals surface area contributed by atoms with Gasteiger partial charge in [0.1, 0.15) is 0 Å². The van der Waals surface area contributed by atoms with Crippen LogP contribution in [0.3, 0.4) is 0 Å². The van der Waals surface area contributed by atoms with Gasteiger partial charge in [-0.15, -0.1) is 0 Å². The summed E-state index contributed by atoms with van der Waals surface area (Å²) in [7, 11) is -2.18. The van der Waals surface area contributed by atoms with Crippen LogP contribution in [0.4, 0.5) is 0 Å². The Labute approximate surface area is 125 Å². The highest BCUT2D eigenvalue weighted by atomic mass is 32.2. The van der Waals surface area contributed by atoms with Crippen molar-refractivity contribution in [2.75, 3.05) is 33.2 Å². The van der Waals surface area contributed by atoms with Crippen LogP contribution in [0.1, 0.15) is 6.92 Å². The Morgan fingerprint density at radius 2 is 2.05 bits per heavy atom. The Morgan fingerprint density at radius 3 is 2.67 bits per heavy atom. The normalized spacial score (nSPS) is 19.8. The lowest BCUT2D eigenvalue weighted by molar-refractivity contribution is -0.133. The Morgan fingerprint density at radius 1 is 1.38 bits per heavy atom. The maximum absolute atomic E-state index is 12.4. The quantitative estimate of drug-likeness (QED) is 0.858. The molecule has 0 spiro atoms. The zero-order valence-corrected chi connectivity index (χ0v) is 13.1. The molecule has 2 rings (SSSR count). The number of sulfonamides is 1. The molecule has 21 heavy (non-hydrogen) atoms. The molecule has 1 atom stereocenters. The number of hydrogen-bond acceptors (Lipinski definition) is 4. The van der Waals surface area contributed by atoms with Gasteiger partial charge in [0.25, 0.3) is 0 Å². The van der Waals surface area contributed by atoms with Gasteiger partial charge in [-0.2, -0.15) is 4.31 Å². The summed E-state index contributed by atoms with van der Waals surface area (Å²) < 4.78 is 25.9. The van der Waals surface area contributed by atoms with Crippen LogP contribution in [0.15, 0.2) is 35.2 Å². The molecule has 1 aliphatic rings. The molecular weight excluding hydrogens is 290 g/mol. The molecule has 0 saturated carbocycles. The van der Waals surface area contributed by atoms with E-state index in [0.717, 1.165) is 17.4 Å². The minimum absolute atomic E-state index is 0.0825. The molecule has 1 aromatic carbocycles. The topological polar surface area (TPSA) is 69.7 Å². The molecule has 116 valence electrons. The standard InChI is InChI=1S/C14H21N3O3S/c1-12-10-15-8-9-17(12)14(18)11-16(2)21(19,20)13-6-4-3-5-7-13/h3-7,12,15H,8-11H2,1-2H3/t12-/m1/s1. The van der Waals surface area contributed by atoms with E-state index in [0.29, 0.717) is 6.54 Å². The van der Waals surface area contributed by atoms with Gasteiger partial charge in [-0.1, -0.05) is 18.2 Å². The molecule has 1 N–H and O–H groups in total. The Bertz CT molecular complexity index is 589. The zero-order valence-electron chi connectivity index (χ0n) is 12.3. The van der Waals surface area contributed by atoms with Gasteiger partial charge in [0.2, 0.25) is 15.9 Å². The summed E-state index contributed by atoms with van der Waals surface area (Å²) in [6.07, 6.45) is 0. The van der Waals surface area contributed by atoms with Gasteiger partial charge in [0, 0.05) is 32.7 Å². The van der Waals surface area contributed by atoms with Crippen molar-refractivity contribution in [3.05, 3.63) is 30.3 Å². The highest BCUT2D eigenvalue weighted by Crippen LogP contribution is 2.14. The number of piperazine rings is 1. The molecule has 0 radical (unpaired) electrons. The van der Waals surface area contributed by atoms with Crippen molar-refractivity contribution in [2.24, 2.45) is 0 Å². The third-order valence-electron chi connectivity index (χ3n) is 3.63. The van der Waals surface area contributed by atoms with Crippen LogP contribution in [0, 0.1) is 0 Å². The van der Waals surface area contributed by atoms with Crippen LogP contribution in [0.2, 0.25) is 0 Å². The first-order valence-corrected chi connectivity index (χ1v) is 8.38. The van der Waals surface area contributed by atoms with Crippen molar-refractivity contribution >= 4 is 15.9 Å². The van der Waals surface area contributed by atoms with Crippen molar-refractivity contribution in [1.82, 2.24) is 14.5 Å². The maximum atomic E-state index is 12.4. The molecular formula is C14H21N3O3S. The molecule has 7 heteroatoms. The first-order chi connectivity index (χ1) is 9.93. The summed E-state index contributed by atoms with van der Waals surface area (Å²) in [5.74, 6) is -0.161. The number of nitrogens with zero attached hydrogens (tertiary/aromatic N) is 2. The van der Waals surface area contributed by atoms with Crippen LogP contribution < -0.4 is 5.32 Å². The number of likely N-dealkylation sites (N-methyl/N-ethyl adjacent to an activating group) is 1. The van der Waals surface area contributed by atoms with Gasteiger partial charge >= 0.3 is 0 Å². The fraction of sp³-hybridized carbons (Fsp3) is 0.500. The van der Waals surface area contributed by atoms with Crippen molar-refractivity contribution in [3.8, 4) is 0 Å². The Balaban J connectivity index is 2.07. The number of hydrogen-bond donors (Lipinski definition) is 1. The maximum Gasteiger partial charge on any atom is 0.243 e. The van der Waals surface area contributed by atoms with Crippen molar-refractivity contribution in [2.45, 2.75) is 17.9 Å². The lowest BCUT2D eigenvalue weighted by Crippen LogP contribution is -2.54. The Kier molecular flexibility index (Phi) is 4.97. The molecule has 0 aromatic heterocycles. The first kappa shape index (κ1) is 15.9. The summed E-state index contributed by atoms with van der Waals surface area (Å²) in [6, 6.07) is 8.24. The molecule has 0 unspecified atom stereocenters. The fourth-order valence-electron chi connectivity index (χ4n) is 2.35. The van der Waals surface area contributed by atoms with Crippen LogP contribution in [0.25, 0.3) is 0 Å². The minimum Gasteiger partial charge on any atom is -0.336 e. The second kappa shape index (κ2) is 6.55. The highest BCUT2D eigenvalue weighted by Gasteiger charge is 2.28. The van der Waals surface area contributed by atoms with E-state index in [1.165, 1.54) is 19.2 Å². The van der Waals surface area contributed by atoms with Crippen LogP contribution >= 0.6 is 0 Å². The summed E-state index contributed by atoms with van der Waals surface area (Å²) >= 11 is 0.